The van der Waals surface area contributed by atoms with Crippen LogP contribution in [0.25, 0.3) is 11.7 Å². The fraction of sp³-hybridized carbons (Fsp3) is 0.500. The standard InChI is InChI=1S/C18H20N4O2/c1-2-13(10-19-7-1)15-3-4-16(23-15)18-20-17(21-24-18)14-11-22-8-5-12(14)6-9-22/h1-4,7,12-14H,5-6,8-11H2. The maximum Gasteiger partial charge on any atom is 0.293 e. The van der Waals surface area contributed by atoms with E-state index >= 15 is 0 Å². The molecule has 6 heterocycles. The van der Waals surface area contributed by atoms with E-state index in [2.05, 4.69) is 26.1 Å². The number of nitrogens with zero attached hydrogens (tertiary/aromatic N) is 4. The molecule has 3 fully saturated rings. The Morgan fingerprint density at radius 2 is 2.08 bits per heavy atom. The normalized spacial score (nSPS) is 31.7. The van der Waals surface area contributed by atoms with E-state index < -0.39 is 0 Å². The van der Waals surface area contributed by atoms with Gasteiger partial charge in [0.1, 0.15) is 5.76 Å². The molecule has 6 heteroatoms. The van der Waals surface area contributed by atoms with E-state index in [9.17, 15) is 0 Å². The van der Waals surface area contributed by atoms with Crippen LogP contribution in [-0.2, 0) is 0 Å². The fourth-order valence-corrected chi connectivity index (χ4v) is 4.07. The van der Waals surface area contributed by atoms with Crippen LogP contribution in [0.5, 0.6) is 0 Å². The average Bonchev–Trinajstić information content (AvgIpc) is 3.33. The van der Waals surface area contributed by atoms with Crippen molar-refractivity contribution in [3.63, 3.8) is 0 Å². The van der Waals surface area contributed by atoms with Gasteiger partial charge in [0, 0.05) is 18.7 Å². The van der Waals surface area contributed by atoms with Crippen LogP contribution in [0, 0.1) is 5.92 Å². The summed E-state index contributed by atoms with van der Waals surface area (Å²) in [4.78, 5) is 11.4. The number of furan rings is 1. The SMILES string of the molecule is C1=CC(c2ccc(-c3nc(C4CN5CCC4CC5)no3)o2)CN=C1. The van der Waals surface area contributed by atoms with Gasteiger partial charge in [-0.05, 0) is 50.1 Å². The van der Waals surface area contributed by atoms with Gasteiger partial charge in [0.05, 0.1) is 12.5 Å². The van der Waals surface area contributed by atoms with Gasteiger partial charge in [0.25, 0.3) is 5.89 Å². The van der Waals surface area contributed by atoms with Crippen LogP contribution in [0.1, 0.15) is 36.3 Å². The van der Waals surface area contributed by atoms with Gasteiger partial charge in [-0.2, -0.15) is 4.98 Å². The minimum atomic E-state index is 0.188. The summed E-state index contributed by atoms with van der Waals surface area (Å²) in [6, 6.07) is 3.89. The quantitative estimate of drug-likeness (QED) is 0.868. The molecule has 2 atom stereocenters. The van der Waals surface area contributed by atoms with E-state index in [4.69, 9.17) is 8.94 Å². The smallest absolute Gasteiger partial charge is 0.293 e. The first kappa shape index (κ1) is 14.2. The van der Waals surface area contributed by atoms with E-state index in [0.29, 0.717) is 23.5 Å². The van der Waals surface area contributed by atoms with E-state index in [-0.39, 0.29) is 5.92 Å². The predicted octanol–water partition coefficient (Wildman–Crippen LogP) is 2.86. The molecule has 0 aromatic carbocycles. The third-order valence-electron chi connectivity index (χ3n) is 5.47. The summed E-state index contributed by atoms with van der Waals surface area (Å²) in [5.74, 6) is 4.13. The molecule has 6 rings (SSSR count). The van der Waals surface area contributed by atoms with Gasteiger partial charge in [0.2, 0.25) is 0 Å². The zero-order valence-electron chi connectivity index (χ0n) is 13.5. The molecule has 3 saturated heterocycles. The summed E-state index contributed by atoms with van der Waals surface area (Å²) >= 11 is 0. The second-order valence-electron chi connectivity index (χ2n) is 6.91. The van der Waals surface area contributed by atoms with Crippen LogP contribution in [-0.4, -0.2) is 47.4 Å². The summed E-state index contributed by atoms with van der Waals surface area (Å²) in [5, 5.41) is 4.25. The molecule has 124 valence electrons. The van der Waals surface area contributed by atoms with Crippen molar-refractivity contribution in [3.8, 4) is 11.7 Å². The van der Waals surface area contributed by atoms with E-state index in [1.54, 1.807) is 0 Å². The van der Waals surface area contributed by atoms with Crippen molar-refractivity contribution in [2.75, 3.05) is 26.2 Å². The summed E-state index contributed by atoms with van der Waals surface area (Å²) in [7, 11) is 0. The van der Waals surface area contributed by atoms with Crippen molar-refractivity contribution in [1.29, 1.82) is 0 Å². The molecule has 0 spiro atoms. The molecule has 4 aliphatic rings. The Morgan fingerprint density at radius 1 is 1.17 bits per heavy atom. The third-order valence-corrected chi connectivity index (χ3v) is 5.47. The second-order valence-corrected chi connectivity index (χ2v) is 6.91. The van der Waals surface area contributed by atoms with Crippen molar-refractivity contribution in [2.45, 2.75) is 24.7 Å². The summed E-state index contributed by atoms with van der Waals surface area (Å²) < 4.78 is 11.4. The first-order valence-electron chi connectivity index (χ1n) is 8.69. The van der Waals surface area contributed by atoms with Crippen LogP contribution >= 0.6 is 0 Å². The Hall–Kier alpha value is -2.21. The number of hydrogen-bond acceptors (Lipinski definition) is 6. The van der Waals surface area contributed by atoms with E-state index in [0.717, 1.165) is 24.7 Å². The zero-order valence-corrected chi connectivity index (χ0v) is 13.5. The number of dihydropyridines is 1. The Morgan fingerprint density at radius 3 is 2.83 bits per heavy atom. The van der Waals surface area contributed by atoms with Crippen LogP contribution in [0.4, 0.5) is 0 Å². The first-order chi connectivity index (χ1) is 11.9. The molecule has 0 amide bonds. The maximum atomic E-state index is 5.94. The van der Waals surface area contributed by atoms with Crippen molar-refractivity contribution in [2.24, 2.45) is 10.9 Å². The topological polar surface area (TPSA) is 67.7 Å². The lowest BCUT2D eigenvalue weighted by Crippen LogP contribution is -2.46. The van der Waals surface area contributed by atoms with Crippen molar-refractivity contribution >= 4 is 6.21 Å². The highest BCUT2D eigenvalue weighted by Crippen LogP contribution is 2.38. The van der Waals surface area contributed by atoms with Gasteiger partial charge in [0.15, 0.2) is 11.6 Å². The molecule has 2 unspecified atom stereocenters. The zero-order chi connectivity index (χ0) is 15.9. The number of piperidine rings is 3. The van der Waals surface area contributed by atoms with E-state index in [1.807, 2.05) is 24.4 Å². The first-order valence-corrected chi connectivity index (χ1v) is 8.69. The number of rotatable bonds is 3. The van der Waals surface area contributed by atoms with Crippen LogP contribution in [0.15, 0.2) is 38.2 Å². The maximum absolute atomic E-state index is 5.94. The van der Waals surface area contributed by atoms with Gasteiger partial charge in [-0.1, -0.05) is 11.2 Å². The van der Waals surface area contributed by atoms with Gasteiger partial charge in [-0.15, -0.1) is 0 Å². The molecule has 4 aliphatic heterocycles. The largest absolute Gasteiger partial charge is 0.455 e. The lowest BCUT2D eigenvalue weighted by Gasteiger charge is -2.43. The molecule has 0 aliphatic carbocycles. The Bertz CT molecular complexity index is 783. The van der Waals surface area contributed by atoms with Gasteiger partial charge < -0.3 is 13.8 Å². The monoisotopic (exact) mass is 324 g/mol. The van der Waals surface area contributed by atoms with Crippen LogP contribution < -0.4 is 0 Å². The molecule has 2 aromatic heterocycles. The van der Waals surface area contributed by atoms with Crippen LogP contribution in [0.3, 0.4) is 0 Å². The van der Waals surface area contributed by atoms with Gasteiger partial charge in [-0.25, -0.2) is 0 Å². The van der Waals surface area contributed by atoms with Gasteiger partial charge >= 0.3 is 0 Å². The van der Waals surface area contributed by atoms with Crippen molar-refractivity contribution < 1.29 is 8.94 Å². The van der Waals surface area contributed by atoms with Crippen molar-refractivity contribution in [1.82, 2.24) is 15.0 Å². The summed E-state index contributed by atoms with van der Waals surface area (Å²) in [5.41, 5.74) is 0. The summed E-state index contributed by atoms with van der Waals surface area (Å²) in [6.07, 6.45) is 8.36. The molecular formula is C18H20N4O2. The Kier molecular flexibility index (Phi) is 3.36. The number of aliphatic imine (C=N–C) groups is 1. The molecule has 6 nitrogen and oxygen atoms in total. The Labute approximate surface area is 140 Å². The number of fused-ring (bicyclic) bond motifs is 3. The molecule has 0 saturated carbocycles. The van der Waals surface area contributed by atoms with E-state index in [1.165, 1.54) is 25.9 Å². The fourth-order valence-electron chi connectivity index (χ4n) is 4.07. The summed E-state index contributed by atoms with van der Waals surface area (Å²) in [6.45, 7) is 4.20. The third kappa shape index (κ3) is 2.41. The molecule has 0 N–H and O–H groups in total. The number of hydrogen-bond donors (Lipinski definition) is 0. The predicted molar refractivity (Wildman–Crippen MR) is 89.1 cm³/mol. The Balaban J connectivity index is 1.37. The van der Waals surface area contributed by atoms with Crippen molar-refractivity contribution in [3.05, 3.63) is 35.9 Å². The highest BCUT2D eigenvalue weighted by Gasteiger charge is 2.37. The number of allylic oxidation sites excluding steroid dienone is 1. The molecular weight excluding hydrogens is 304 g/mol. The highest BCUT2D eigenvalue weighted by molar-refractivity contribution is 5.72. The average molecular weight is 324 g/mol. The molecule has 2 bridgehead atoms. The minimum Gasteiger partial charge on any atom is -0.455 e. The lowest BCUT2D eigenvalue weighted by atomic mass is 9.79. The minimum absolute atomic E-state index is 0.188. The second kappa shape index (κ2) is 5.70. The van der Waals surface area contributed by atoms with Crippen LogP contribution in [0.2, 0.25) is 0 Å². The van der Waals surface area contributed by atoms with Gasteiger partial charge in [-0.3, -0.25) is 4.99 Å². The molecule has 0 radical (unpaired) electrons. The molecule has 2 aromatic rings. The highest BCUT2D eigenvalue weighted by atomic mass is 16.5. The number of aromatic nitrogens is 2. The molecule has 24 heavy (non-hydrogen) atoms. The lowest BCUT2D eigenvalue weighted by molar-refractivity contribution is 0.0825.